The van der Waals surface area contributed by atoms with Crippen LogP contribution in [-0.4, -0.2) is 37.6 Å². The minimum absolute atomic E-state index is 0.0566. The summed E-state index contributed by atoms with van der Waals surface area (Å²) in [5, 5.41) is 3.10. The number of pyridine rings is 1. The highest BCUT2D eigenvalue weighted by Crippen LogP contribution is 2.43. The molecule has 3 aliphatic rings. The maximum absolute atomic E-state index is 13.3. The number of carbonyl (C=O) groups excluding carboxylic acids is 1. The number of rotatable bonds is 8. The summed E-state index contributed by atoms with van der Waals surface area (Å²) in [5.74, 6) is 0.524. The van der Waals surface area contributed by atoms with Gasteiger partial charge in [0.25, 0.3) is 6.43 Å². The Bertz CT molecular complexity index is 1250. The third-order valence-electron chi connectivity index (χ3n) is 6.09. The molecule has 0 atom stereocenters. The van der Waals surface area contributed by atoms with Crippen LogP contribution in [0, 0.1) is 5.92 Å². The van der Waals surface area contributed by atoms with E-state index in [1.54, 1.807) is 18.2 Å². The van der Waals surface area contributed by atoms with Gasteiger partial charge in [0.2, 0.25) is 0 Å². The number of alkyl halides is 2. The van der Waals surface area contributed by atoms with E-state index < -0.39 is 16.3 Å². The molecular formula is C23H23F2N3O3S. The summed E-state index contributed by atoms with van der Waals surface area (Å²) in [7, 11) is -3.54. The van der Waals surface area contributed by atoms with E-state index in [-0.39, 0.29) is 40.8 Å². The molecule has 5 rings (SSSR count). The minimum Gasteiger partial charge on any atom is -0.353 e. The number of carbonyl (C=O) groups is 1. The van der Waals surface area contributed by atoms with Gasteiger partial charge in [0, 0.05) is 25.0 Å². The third kappa shape index (κ3) is 4.30. The van der Waals surface area contributed by atoms with Crippen LogP contribution in [0.5, 0.6) is 0 Å². The maximum atomic E-state index is 13.3. The maximum Gasteiger partial charge on any atom is 0.277 e. The van der Waals surface area contributed by atoms with Gasteiger partial charge in [0.15, 0.2) is 9.84 Å². The monoisotopic (exact) mass is 459 g/mol. The second kappa shape index (κ2) is 7.72. The Balaban J connectivity index is 1.55. The lowest BCUT2D eigenvalue weighted by Gasteiger charge is -2.15. The summed E-state index contributed by atoms with van der Waals surface area (Å²) >= 11 is 0. The van der Waals surface area contributed by atoms with Gasteiger partial charge in [0.1, 0.15) is 11.5 Å². The fourth-order valence-electron chi connectivity index (χ4n) is 4.06. The van der Waals surface area contributed by atoms with Gasteiger partial charge in [-0.15, -0.1) is 0 Å². The van der Waals surface area contributed by atoms with Gasteiger partial charge < -0.3 is 5.32 Å². The molecule has 0 amide bonds. The predicted octanol–water partition coefficient (Wildman–Crippen LogP) is 4.52. The Morgan fingerprint density at radius 1 is 1.16 bits per heavy atom. The zero-order valence-electron chi connectivity index (χ0n) is 17.6. The number of halogens is 2. The number of aliphatic imine (C=N–C) groups is 1. The molecule has 2 aliphatic carbocycles. The molecule has 0 spiro atoms. The van der Waals surface area contributed by atoms with Crippen LogP contribution in [0.25, 0.3) is 0 Å². The quantitative estimate of drug-likeness (QED) is 0.627. The molecule has 0 radical (unpaired) electrons. The van der Waals surface area contributed by atoms with E-state index in [4.69, 9.17) is 0 Å². The molecule has 2 aromatic rings. The fourth-order valence-corrected chi connectivity index (χ4v) is 4.93. The zero-order chi connectivity index (χ0) is 22.6. The molecule has 2 fully saturated rings. The highest BCUT2D eigenvalue weighted by molar-refractivity contribution is 7.90. The van der Waals surface area contributed by atoms with Gasteiger partial charge in [-0.3, -0.25) is 9.78 Å². The Morgan fingerprint density at radius 3 is 2.53 bits per heavy atom. The van der Waals surface area contributed by atoms with Crippen molar-refractivity contribution >= 4 is 38.4 Å². The normalized spacial score (nSPS) is 17.9. The SMILES string of the molecule is CS(=O)(=O)c1cc(C2CC2)ccc1Nc1cc(CC(=O)C2CC2)nc2c1N=C(C(F)F)C2. The van der Waals surface area contributed by atoms with Crippen molar-refractivity contribution < 1.29 is 22.0 Å². The van der Waals surface area contributed by atoms with Gasteiger partial charge in [0.05, 0.1) is 33.4 Å². The molecule has 2 heterocycles. The summed E-state index contributed by atoms with van der Waals surface area (Å²) in [6, 6.07) is 6.90. The zero-order valence-corrected chi connectivity index (χ0v) is 18.4. The summed E-state index contributed by atoms with van der Waals surface area (Å²) in [5.41, 5.74) is 2.55. The molecule has 168 valence electrons. The molecule has 1 aromatic carbocycles. The fraction of sp³-hybridized carbons (Fsp3) is 0.435. The van der Waals surface area contributed by atoms with Crippen LogP contribution >= 0.6 is 0 Å². The number of nitrogens with one attached hydrogen (secondary N) is 1. The molecule has 2 saturated carbocycles. The topological polar surface area (TPSA) is 88.5 Å². The van der Waals surface area contributed by atoms with E-state index in [2.05, 4.69) is 15.3 Å². The summed E-state index contributed by atoms with van der Waals surface area (Å²) in [6.07, 6.45) is 2.29. The van der Waals surface area contributed by atoms with Crippen molar-refractivity contribution in [2.75, 3.05) is 11.6 Å². The molecule has 9 heteroatoms. The van der Waals surface area contributed by atoms with Crippen molar-refractivity contribution in [1.29, 1.82) is 0 Å². The van der Waals surface area contributed by atoms with E-state index in [0.29, 0.717) is 28.7 Å². The van der Waals surface area contributed by atoms with Crippen LogP contribution in [-0.2, 0) is 27.5 Å². The van der Waals surface area contributed by atoms with E-state index in [0.717, 1.165) is 37.5 Å². The summed E-state index contributed by atoms with van der Waals surface area (Å²) < 4.78 is 51.6. The molecular weight excluding hydrogens is 436 g/mol. The van der Waals surface area contributed by atoms with Crippen LogP contribution in [0.4, 0.5) is 25.8 Å². The van der Waals surface area contributed by atoms with Crippen LogP contribution in [0.2, 0.25) is 0 Å². The smallest absolute Gasteiger partial charge is 0.277 e. The number of sulfone groups is 1. The Hall–Kier alpha value is -2.68. The number of hydrogen-bond donors (Lipinski definition) is 1. The Labute approximate surface area is 185 Å². The number of fused-ring (bicyclic) bond motifs is 1. The second-order valence-electron chi connectivity index (χ2n) is 8.88. The molecule has 0 unspecified atom stereocenters. The number of aromatic nitrogens is 1. The van der Waals surface area contributed by atoms with Gasteiger partial charge in [-0.2, -0.15) is 0 Å². The van der Waals surface area contributed by atoms with Crippen molar-refractivity contribution in [3.63, 3.8) is 0 Å². The van der Waals surface area contributed by atoms with Crippen molar-refractivity contribution in [1.82, 2.24) is 4.98 Å². The average Bonchev–Trinajstić information content (AvgIpc) is 3.63. The number of Topliss-reactive ketones (excluding diaryl/α,β-unsaturated/α-hetero) is 1. The lowest BCUT2D eigenvalue weighted by Crippen LogP contribution is -2.11. The van der Waals surface area contributed by atoms with E-state index in [1.807, 2.05) is 6.07 Å². The lowest BCUT2D eigenvalue weighted by molar-refractivity contribution is -0.119. The third-order valence-corrected chi connectivity index (χ3v) is 7.22. The Kier molecular flexibility index (Phi) is 5.11. The van der Waals surface area contributed by atoms with Gasteiger partial charge in [-0.25, -0.2) is 22.2 Å². The first-order chi connectivity index (χ1) is 15.2. The first-order valence-electron chi connectivity index (χ1n) is 10.7. The van der Waals surface area contributed by atoms with Crippen molar-refractivity contribution in [3.8, 4) is 0 Å². The van der Waals surface area contributed by atoms with Gasteiger partial charge in [-0.1, -0.05) is 6.07 Å². The number of anilines is 2. The van der Waals surface area contributed by atoms with Crippen molar-refractivity contribution in [2.24, 2.45) is 10.9 Å². The van der Waals surface area contributed by atoms with Crippen LogP contribution < -0.4 is 5.32 Å². The van der Waals surface area contributed by atoms with Gasteiger partial charge in [-0.05, 0) is 55.4 Å². The highest BCUT2D eigenvalue weighted by atomic mass is 32.2. The summed E-state index contributed by atoms with van der Waals surface area (Å²) in [6.45, 7) is 0. The number of ketones is 1. The average molecular weight is 460 g/mol. The summed E-state index contributed by atoms with van der Waals surface area (Å²) in [4.78, 5) is 21.0. The van der Waals surface area contributed by atoms with E-state index >= 15 is 0 Å². The molecule has 0 saturated heterocycles. The molecule has 1 N–H and O–H groups in total. The second-order valence-corrected chi connectivity index (χ2v) is 10.9. The van der Waals surface area contributed by atoms with E-state index in [1.165, 1.54) is 0 Å². The number of benzene rings is 1. The van der Waals surface area contributed by atoms with Crippen molar-refractivity contribution in [3.05, 3.63) is 41.2 Å². The molecule has 1 aliphatic heterocycles. The molecule has 1 aromatic heterocycles. The largest absolute Gasteiger partial charge is 0.353 e. The molecule has 0 bridgehead atoms. The lowest BCUT2D eigenvalue weighted by atomic mass is 10.1. The predicted molar refractivity (Wildman–Crippen MR) is 117 cm³/mol. The van der Waals surface area contributed by atoms with E-state index in [9.17, 15) is 22.0 Å². The Morgan fingerprint density at radius 2 is 1.91 bits per heavy atom. The van der Waals surface area contributed by atoms with Crippen LogP contribution in [0.1, 0.15) is 48.6 Å². The van der Waals surface area contributed by atoms with Crippen LogP contribution in [0.3, 0.4) is 0 Å². The number of nitrogens with zero attached hydrogens (tertiary/aromatic N) is 2. The number of hydrogen-bond acceptors (Lipinski definition) is 6. The molecule has 32 heavy (non-hydrogen) atoms. The molecule has 6 nitrogen and oxygen atoms in total. The van der Waals surface area contributed by atoms with Crippen molar-refractivity contribution in [2.45, 2.75) is 55.8 Å². The minimum atomic E-state index is -3.54. The van der Waals surface area contributed by atoms with Crippen LogP contribution in [0.15, 0.2) is 34.2 Å². The first-order valence-corrected chi connectivity index (χ1v) is 12.6. The van der Waals surface area contributed by atoms with Gasteiger partial charge >= 0.3 is 0 Å². The highest BCUT2D eigenvalue weighted by Gasteiger charge is 2.31. The standard InChI is InChI=1S/C23H23F2N3O3S/c1-32(30,31)21-8-14(12-2-3-12)6-7-16(21)27-17-9-15(10-20(29)13-4-5-13)26-18-11-19(23(24)25)28-22(17)18/h6-9,12-13,23H,2-5,10-11H2,1H3,(H,26,27). The first kappa shape index (κ1) is 21.2.